The van der Waals surface area contributed by atoms with Crippen molar-refractivity contribution in [3.8, 4) is 0 Å². The highest BCUT2D eigenvalue weighted by atomic mass is 35.5. The summed E-state index contributed by atoms with van der Waals surface area (Å²) in [5.41, 5.74) is 0. The van der Waals surface area contributed by atoms with Gasteiger partial charge in [-0.2, -0.15) is 4.31 Å². The zero-order valence-corrected chi connectivity index (χ0v) is 12.5. The maximum atomic E-state index is 13.9. The molecule has 20 heavy (non-hydrogen) atoms. The number of ether oxygens (including phenoxy) is 1. The van der Waals surface area contributed by atoms with E-state index in [1.165, 1.54) is 25.2 Å². The zero-order chi connectivity index (χ0) is 14.8. The summed E-state index contributed by atoms with van der Waals surface area (Å²) in [5.74, 6) is -0.927. The van der Waals surface area contributed by atoms with Crippen molar-refractivity contribution in [3.63, 3.8) is 0 Å². The van der Waals surface area contributed by atoms with Crippen LogP contribution in [0.2, 0.25) is 5.02 Å². The fourth-order valence-electron chi connectivity index (χ4n) is 1.97. The van der Waals surface area contributed by atoms with Crippen LogP contribution in [0.4, 0.5) is 4.39 Å². The topological polar surface area (TPSA) is 58.6 Å². The third-order valence-electron chi connectivity index (χ3n) is 3.07. The first-order valence-corrected chi connectivity index (χ1v) is 7.97. The molecule has 0 spiro atoms. The van der Waals surface area contributed by atoms with Crippen molar-refractivity contribution in [2.24, 2.45) is 0 Å². The van der Waals surface area contributed by atoms with Crippen molar-refractivity contribution >= 4 is 21.6 Å². The maximum absolute atomic E-state index is 13.9. The van der Waals surface area contributed by atoms with Crippen LogP contribution in [0.5, 0.6) is 0 Å². The molecular weight excluding hydrogens is 307 g/mol. The Labute approximate surface area is 122 Å². The van der Waals surface area contributed by atoms with E-state index in [0.29, 0.717) is 13.2 Å². The minimum atomic E-state index is -3.93. The minimum Gasteiger partial charge on any atom is -0.374 e. The van der Waals surface area contributed by atoms with Gasteiger partial charge in [-0.1, -0.05) is 17.7 Å². The number of benzene rings is 1. The number of sulfonamides is 1. The highest BCUT2D eigenvalue weighted by Gasteiger charge is 2.28. The molecule has 2 rings (SSSR count). The standard InChI is InChI=1S/C12H16ClFN2O3S/c1-16(8-9-7-15-5-6-19-9)20(17,18)11-4-2-3-10(13)12(11)14/h2-4,9,15H,5-8H2,1H3. The van der Waals surface area contributed by atoms with Gasteiger partial charge in [-0.15, -0.1) is 0 Å². The van der Waals surface area contributed by atoms with Gasteiger partial charge in [-0.05, 0) is 12.1 Å². The molecule has 1 aromatic carbocycles. The Morgan fingerprint density at radius 3 is 2.95 bits per heavy atom. The van der Waals surface area contributed by atoms with Gasteiger partial charge >= 0.3 is 0 Å². The molecule has 1 heterocycles. The number of morpholine rings is 1. The van der Waals surface area contributed by atoms with Gasteiger partial charge in [0.05, 0.1) is 17.7 Å². The molecule has 112 valence electrons. The van der Waals surface area contributed by atoms with Gasteiger partial charge in [0.1, 0.15) is 4.90 Å². The van der Waals surface area contributed by atoms with Crippen molar-refractivity contribution in [1.29, 1.82) is 0 Å². The summed E-state index contributed by atoms with van der Waals surface area (Å²) in [4.78, 5) is -0.420. The zero-order valence-electron chi connectivity index (χ0n) is 11.0. The second-order valence-electron chi connectivity index (χ2n) is 4.53. The number of hydrogen-bond acceptors (Lipinski definition) is 4. The largest absolute Gasteiger partial charge is 0.374 e. The van der Waals surface area contributed by atoms with Crippen LogP contribution >= 0.6 is 11.6 Å². The summed E-state index contributed by atoms with van der Waals surface area (Å²) in [5, 5.41) is 2.90. The lowest BCUT2D eigenvalue weighted by atomic mass is 10.3. The summed E-state index contributed by atoms with van der Waals surface area (Å²) in [6, 6.07) is 3.92. The van der Waals surface area contributed by atoms with Crippen LogP contribution in [0, 0.1) is 5.82 Å². The highest BCUT2D eigenvalue weighted by Crippen LogP contribution is 2.24. The molecule has 1 aliphatic heterocycles. The lowest BCUT2D eigenvalue weighted by molar-refractivity contribution is 0.0206. The molecule has 5 nitrogen and oxygen atoms in total. The second-order valence-corrected chi connectivity index (χ2v) is 6.95. The van der Waals surface area contributed by atoms with Crippen LogP contribution in [-0.4, -0.2) is 52.1 Å². The predicted octanol–water partition coefficient (Wildman–Crippen LogP) is 1.09. The average Bonchev–Trinajstić information content (AvgIpc) is 2.42. The summed E-state index contributed by atoms with van der Waals surface area (Å²) < 4.78 is 45.0. The van der Waals surface area contributed by atoms with Gasteiger partial charge in [-0.25, -0.2) is 12.8 Å². The number of rotatable bonds is 4. The molecule has 1 atom stereocenters. The lowest BCUT2D eigenvalue weighted by Gasteiger charge is -2.27. The molecule has 0 aliphatic carbocycles. The van der Waals surface area contributed by atoms with Crippen LogP contribution in [0.3, 0.4) is 0 Å². The normalized spacial score (nSPS) is 20.3. The van der Waals surface area contributed by atoms with E-state index in [9.17, 15) is 12.8 Å². The van der Waals surface area contributed by atoms with Crippen molar-refractivity contribution in [3.05, 3.63) is 29.0 Å². The molecule has 1 fully saturated rings. The third kappa shape index (κ3) is 3.29. The van der Waals surface area contributed by atoms with E-state index in [1.54, 1.807) is 0 Å². The Morgan fingerprint density at radius 1 is 1.55 bits per heavy atom. The summed E-state index contributed by atoms with van der Waals surface area (Å²) in [6.45, 7) is 2.00. The number of nitrogens with zero attached hydrogens (tertiary/aromatic N) is 1. The van der Waals surface area contributed by atoms with Gasteiger partial charge in [0.25, 0.3) is 0 Å². The molecule has 0 amide bonds. The SMILES string of the molecule is CN(CC1CNCCO1)S(=O)(=O)c1cccc(Cl)c1F. The number of nitrogens with one attached hydrogen (secondary N) is 1. The number of likely N-dealkylation sites (N-methyl/N-ethyl adjacent to an activating group) is 1. The van der Waals surface area contributed by atoms with E-state index in [2.05, 4.69) is 5.32 Å². The molecular formula is C12H16ClFN2O3S. The smallest absolute Gasteiger partial charge is 0.245 e. The van der Waals surface area contributed by atoms with Crippen molar-refractivity contribution in [2.45, 2.75) is 11.0 Å². The molecule has 0 saturated carbocycles. The van der Waals surface area contributed by atoms with Crippen molar-refractivity contribution in [1.82, 2.24) is 9.62 Å². The molecule has 1 aromatic rings. The first kappa shape index (κ1) is 15.7. The summed E-state index contributed by atoms with van der Waals surface area (Å²) in [6.07, 6.45) is -0.245. The minimum absolute atomic E-state index is 0.154. The van der Waals surface area contributed by atoms with Crippen molar-refractivity contribution in [2.75, 3.05) is 33.3 Å². The molecule has 8 heteroatoms. The Hall–Kier alpha value is -0.730. The van der Waals surface area contributed by atoms with E-state index in [0.717, 1.165) is 10.8 Å². The fourth-order valence-corrected chi connectivity index (χ4v) is 3.49. The Balaban J connectivity index is 2.18. The van der Waals surface area contributed by atoms with E-state index in [4.69, 9.17) is 16.3 Å². The molecule has 1 N–H and O–H groups in total. The monoisotopic (exact) mass is 322 g/mol. The first-order valence-electron chi connectivity index (χ1n) is 6.15. The van der Waals surface area contributed by atoms with E-state index in [-0.39, 0.29) is 17.7 Å². The third-order valence-corrected chi connectivity index (χ3v) is 5.20. The number of hydrogen-bond donors (Lipinski definition) is 1. The van der Waals surface area contributed by atoms with Gasteiger partial charge in [-0.3, -0.25) is 0 Å². The van der Waals surface area contributed by atoms with Gasteiger partial charge in [0.15, 0.2) is 5.82 Å². The molecule has 0 bridgehead atoms. The van der Waals surface area contributed by atoms with Crippen LogP contribution in [0.1, 0.15) is 0 Å². The van der Waals surface area contributed by atoms with Gasteiger partial charge in [0.2, 0.25) is 10.0 Å². The molecule has 1 unspecified atom stereocenters. The Kier molecular flexibility index (Phi) is 4.98. The average molecular weight is 323 g/mol. The summed E-state index contributed by atoms with van der Waals surface area (Å²) >= 11 is 5.62. The predicted molar refractivity (Wildman–Crippen MR) is 73.8 cm³/mol. The first-order chi connectivity index (χ1) is 9.43. The molecule has 1 aliphatic rings. The summed E-state index contributed by atoms with van der Waals surface area (Å²) in [7, 11) is -2.53. The molecule has 0 radical (unpaired) electrons. The number of halogens is 2. The van der Waals surface area contributed by atoms with Crippen LogP contribution in [-0.2, 0) is 14.8 Å². The van der Waals surface area contributed by atoms with Gasteiger partial charge in [0, 0.05) is 26.7 Å². The van der Waals surface area contributed by atoms with E-state index < -0.39 is 20.7 Å². The quantitative estimate of drug-likeness (QED) is 0.901. The molecule has 1 saturated heterocycles. The van der Waals surface area contributed by atoms with Gasteiger partial charge < -0.3 is 10.1 Å². The van der Waals surface area contributed by atoms with E-state index >= 15 is 0 Å². The highest BCUT2D eigenvalue weighted by molar-refractivity contribution is 7.89. The Morgan fingerprint density at radius 2 is 2.30 bits per heavy atom. The van der Waals surface area contributed by atoms with Crippen LogP contribution in [0.25, 0.3) is 0 Å². The second kappa shape index (κ2) is 6.36. The van der Waals surface area contributed by atoms with Crippen LogP contribution in [0.15, 0.2) is 23.1 Å². The maximum Gasteiger partial charge on any atom is 0.245 e. The molecule has 0 aromatic heterocycles. The van der Waals surface area contributed by atoms with Crippen molar-refractivity contribution < 1.29 is 17.5 Å². The van der Waals surface area contributed by atoms with E-state index in [1.807, 2.05) is 0 Å². The van der Waals surface area contributed by atoms with Crippen LogP contribution < -0.4 is 5.32 Å². The lowest BCUT2D eigenvalue weighted by Crippen LogP contribution is -2.45. The Bertz CT molecular complexity index is 576. The fraction of sp³-hybridized carbons (Fsp3) is 0.500.